The van der Waals surface area contributed by atoms with E-state index in [-0.39, 0.29) is 36.5 Å². The minimum absolute atomic E-state index is 0. The largest absolute Gasteiger partial charge is 0.373 e. The van der Waals surface area contributed by atoms with Crippen molar-refractivity contribution in [1.29, 1.82) is 0 Å². The van der Waals surface area contributed by atoms with Crippen molar-refractivity contribution in [2.45, 2.75) is 30.9 Å². The van der Waals surface area contributed by atoms with Crippen LogP contribution in [0.15, 0.2) is 30.5 Å². The molecule has 5 nitrogen and oxygen atoms in total. The second-order valence-corrected chi connectivity index (χ2v) is 6.16. The second kappa shape index (κ2) is 7.18. The van der Waals surface area contributed by atoms with Crippen molar-refractivity contribution in [3.63, 3.8) is 0 Å². The first-order valence-corrected chi connectivity index (χ1v) is 7.60. The first kappa shape index (κ1) is 18.2. The molecule has 2 aromatic rings. The number of benzene rings is 1. The Kier molecular flexibility index (Phi) is 5.68. The summed E-state index contributed by atoms with van der Waals surface area (Å²) >= 11 is 0. The second-order valence-electron chi connectivity index (χ2n) is 6.16. The van der Waals surface area contributed by atoms with Gasteiger partial charge in [-0.15, -0.1) is 24.8 Å². The first-order valence-electron chi connectivity index (χ1n) is 7.60. The SMILES string of the molecule is Cl.Cl.NC1COC2(CCN(c3cnc4ccccc4n3)CC2)C1. The molecule has 1 unspecified atom stereocenters. The third-order valence-corrected chi connectivity index (χ3v) is 4.67. The number of ether oxygens (including phenoxy) is 1. The van der Waals surface area contributed by atoms with Crippen molar-refractivity contribution in [3.8, 4) is 0 Å². The van der Waals surface area contributed by atoms with E-state index in [0.29, 0.717) is 6.61 Å². The van der Waals surface area contributed by atoms with Gasteiger partial charge in [0.1, 0.15) is 5.82 Å². The molecule has 126 valence electrons. The molecule has 2 saturated heterocycles. The highest BCUT2D eigenvalue weighted by molar-refractivity contribution is 5.85. The van der Waals surface area contributed by atoms with Gasteiger partial charge in [0.2, 0.25) is 0 Å². The molecule has 1 atom stereocenters. The molecule has 0 aliphatic carbocycles. The zero-order valence-electron chi connectivity index (χ0n) is 12.9. The fourth-order valence-corrected chi connectivity index (χ4v) is 3.47. The lowest BCUT2D eigenvalue weighted by molar-refractivity contribution is -0.0149. The number of halogens is 2. The van der Waals surface area contributed by atoms with Crippen LogP contribution in [0.25, 0.3) is 11.0 Å². The normalized spacial score (nSPS) is 22.7. The standard InChI is InChI=1S/C16H20N4O.2ClH/c17-12-9-16(21-11-12)5-7-20(8-6-16)15-10-18-13-3-1-2-4-14(13)19-15;;/h1-4,10,12H,5-9,11,17H2;2*1H. The summed E-state index contributed by atoms with van der Waals surface area (Å²) in [4.78, 5) is 11.5. The Morgan fingerprint density at radius 3 is 2.48 bits per heavy atom. The minimum atomic E-state index is 0. The zero-order valence-corrected chi connectivity index (χ0v) is 14.5. The van der Waals surface area contributed by atoms with Gasteiger partial charge in [0.25, 0.3) is 0 Å². The number of piperidine rings is 1. The smallest absolute Gasteiger partial charge is 0.147 e. The number of nitrogens with two attached hydrogens (primary N) is 1. The minimum Gasteiger partial charge on any atom is -0.373 e. The van der Waals surface area contributed by atoms with Gasteiger partial charge in [-0.2, -0.15) is 0 Å². The molecule has 1 aromatic heterocycles. The van der Waals surface area contributed by atoms with E-state index in [1.807, 2.05) is 30.5 Å². The van der Waals surface area contributed by atoms with E-state index in [9.17, 15) is 0 Å². The van der Waals surface area contributed by atoms with E-state index in [2.05, 4.69) is 9.88 Å². The molecule has 1 aromatic carbocycles. The Labute approximate surface area is 148 Å². The fourth-order valence-electron chi connectivity index (χ4n) is 3.47. The van der Waals surface area contributed by atoms with Gasteiger partial charge in [0.15, 0.2) is 0 Å². The molecule has 2 aliphatic heterocycles. The van der Waals surface area contributed by atoms with Crippen LogP contribution in [0.3, 0.4) is 0 Å². The van der Waals surface area contributed by atoms with Crippen molar-refractivity contribution in [1.82, 2.24) is 9.97 Å². The average Bonchev–Trinajstić information content (AvgIpc) is 2.88. The van der Waals surface area contributed by atoms with Crippen LogP contribution in [0.5, 0.6) is 0 Å². The molecular formula is C16H22Cl2N4O. The predicted octanol–water partition coefficient (Wildman–Crippen LogP) is 2.56. The number of hydrogen-bond acceptors (Lipinski definition) is 5. The molecule has 0 amide bonds. The van der Waals surface area contributed by atoms with Crippen LogP contribution in [-0.2, 0) is 4.74 Å². The lowest BCUT2D eigenvalue weighted by Crippen LogP contribution is -2.44. The molecule has 23 heavy (non-hydrogen) atoms. The van der Waals surface area contributed by atoms with Gasteiger partial charge in [-0.1, -0.05) is 12.1 Å². The van der Waals surface area contributed by atoms with Gasteiger partial charge in [-0.05, 0) is 31.4 Å². The van der Waals surface area contributed by atoms with Crippen molar-refractivity contribution in [3.05, 3.63) is 30.5 Å². The van der Waals surface area contributed by atoms with E-state index < -0.39 is 0 Å². The number of nitrogens with zero attached hydrogens (tertiary/aromatic N) is 3. The summed E-state index contributed by atoms with van der Waals surface area (Å²) in [5.74, 6) is 0.964. The fraction of sp³-hybridized carbons (Fsp3) is 0.500. The topological polar surface area (TPSA) is 64.3 Å². The Bertz CT molecular complexity index is 661. The molecule has 1 spiro atoms. The maximum atomic E-state index is 5.99. The summed E-state index contributed by atoms with van der Waals surface area (Å²) in [7, 11) is 0. The average molecular weight is 357 g/mol. The van der Waals surface area contributed by atoms with Crippen LogP contribution < -0.4 is 10.6 Å². The molecule has 0 bridgehead atoms. The molecular weight excluding hydrogens is 335 g/mol. The van der Waals surface area contributed by atoms with E-state index in [1.54, 1.807) is 0 Å². The monoisotopic (exact) mass is 356 g/mol. The number of anilines is 1. The van der Waals surface area contributed by atoms with Gasteiger partial charge in [-0.25, -0.2) is 4.98 Å². The Hall–Kier alpha value is -1.14. The summed E-state index contributed by atoms with van der Waals surface area (Å²) < 4.78 is 5.96. The lowest BCUT2D eigenvalue weighted by Gasteiger charge is -2.39. The lowest BCUT2D eigenvalue weighted by atomic mass is 9.87. The number of fused-ring (bicyclic) bond motifs is 1. The highest BCUT2D eigenvalue weighted by Crippen LogP contribution is 2.36. The Morgan fingerprint density at radius 1 is 1.13 bits per heavy atom. The third kappa shape index (κ3) is 3.53. The Morgan fingerprint density at radius 2 is 1.83 bits per heavy atom. The molecule has 7 heteroatoms. The van der Waals surface area contributed by atoms with E-state index >= 15 is 0 Å². The molecule has 2 fully saturated rings. The van der Waals surface area contributed by atoms with Crippen LogP contribution in [0.4, 0.5) is 5.82 Å². The number of para-hydroxylation sites is 2. The number of rotatable bonds is 1. The van der Waals surface area contributed by atoms with Crippen molar-refractivity contribution < 1.29 is 4.74 Å². The summed E-state index contributed by atoms with van der Waals surface area (Å²) in [6, 6.07) is 8.19. The maximum Gasteiger partial charge on any atom is 0.147 e. The number of aromatic nitrogens is 2. The number of hydrogen-bond donors (Lipinski definition) is 1. The molecule has 4 rings (SSSR count). The first-order chi connectivity index (χ1) is 10.2. The highest BCUT2D eigenvalue weighted by Gasteiger charge is 2.41. The van der Waals surface area contributed by atoms with Crippen molar-refractivity contribution in [2.75, 3.05) is 24.6 Å². The molecule has 0 radical (unpaired) electrons. The summed E-state index contributed by atoms with van der Waals surface area (Å²) in [6.45, 7) is 2.62. The van der Waals surface area contributed by atoms with E-state index in [4.69, 9.17) is 15.5 Å². The maximum absolute atomic E-state index is 5.99. The van der Waals surface area contributed by atoms with Crippen LogP contribution in [0, 0.1) is 0 Å². The molecule has 3 heterocycles. The third-order valence-electron chi connectivity index (χ3n) is 4.67. The van der Waals surface area contributed by atoms with Gasteiger partial charge >= 0.3 is 0 Å². The Balaban J connectivity index is 0.000000960. The van der Waals surface area contributed by atoms with E-state index in [0.717, 1.165) is 49.2 Å². The molecule has 2 aliphatic rings. The summed E-state index contributed by atoms with van der Waals surface area (Å²) in [5.41, 5.74) is 7.90. The van der Waals surface area contributed by atoms with Crippen molar-refractivity contribution in [2.24, 2.45) is 5.73 Å². The summed E-state index contributed by atoms with van der Waals surface area (Å²) in [6.07, 6.45) is 4.91. The predicted molar refractivity (Wildman–Crippen MR) is 96.8 cm³/mol. The van der Waals surface area contributed by atoms with Gasteiger partial charge in [0.05, 0.1) is 29.4 Å². The quantitative estimate of drug-likeness (QED) is 0.850. The zero-order chi connectivity index (χ0) is 14.3. The van der Waals surface area contributed by atoms with Crippen molar-refractivity contribution >= 4 is 41.7 Å². The van der Waals surface area contributed by atoms with Crippen LogP contribution in [0.2, 0.25) is 0 Å². The summed E-state index contributed by atoms with van der Waals surface area (Å²) in [5, 5.41) is 0. The molecule has 2 N–H and O–H groups in total. The van der Waals surface area contributed by atoms with E-state index in [1.165, 1.54) is 0 Å². The van der Waals surface area contributed by atoms with Gasteiger partial charge in [-0.3, -0.25) is 4.98 Å². The molecule has 0 saturated carbocycles. The van der Waals surface area contributed by atoms with Gasteiger partial charge in [0, 0.05) is 19.1 Å². The van der Waals surface area contributed by atoms with Crippen LogP contribution in [-0.4, -0.2) is 41.3 Å². The van der Waals surface area contributed by atoms with Crippen LogP contribution in [0.1, 0.15) is 19.3 Å². The highest BCUT2D eigenvalue weighted by atomic mass is 35.5. The van der Waals surface area contributed by atoms with Crippen LogP contribution >= 0.6 is 24.8 Å². The van der Waals surface area contributed by atoms with Gasteiger partial charge < -0.3 is 15.4 Å².